The number of benzene rings is 1. The second kappa shape index (κ2) is 6.10. The van der Waals surface area contributed by atoms with Crippen molar-refractivity contribution in [2.75, 3.05) is 0 Å². The van der Waals surface area contributed by atoms with Gasteiger partial charge in [-0.2, -0.15) is 0 Å². The minimum atomic E-state index is -0.652. The highest BCUT2D eigenvalue weighted by atomic mass is 79.9. The molecule has 0 aliphatic rings. The zero-order valence-corrected chi connectivity index (χ0v) is 11.2. The summed E-state index contributed by atoms with van der Waals surface area (Å²) in [5, 5.41) is 2.66. The highest BCUT2D eigenvalue weighted by molar-refractivity contribution is 9.10. The van der Waals surface area contributed by atoms with Crippen LogP contribution in [-0.2, 0) is 4.79 Å². The summed E-state index contributed by atoms with van der Waals surface area (Å²) in [6.07, 6.45) is 0.643. The van der Waals surface area contributed by atoms with Crippen LogP contribution in [0.5, 0.6) is 0 Å². The third kappa shape index (κ3) is 3.77. The van der Waals surface area contributed by atoms with E-state index in [9.17, 15) is 13.6 Å². The molecule has 0 aliphatic heterocycles. The molecule has 0 aliphatic carbocycles. The summed E-state index contributed by atoms with van der Waals surface area (Å²) in [6, 6.07) is 2.83. The Morgan fingerprint density at radius 1 is 1.47 bits per heavy atom. The summed E-state index contributed by atoms with van der Waals surface area (Å²) in [4.78, 5) is 11.3. The van der Waals surface area contributed by atoms with Crippen molar-refractivity contribution in [1.29, 1.82) is 0 Å². The van der Waals surface area contributed by atoms with Gasteiger partial charge in [0.05, 0.1) is 10.9 Å². The molecule has 2 nitrogen and oxygen atoms in total. The molecule has 1 amide bonds. The first kappa shape index (κ1) is 14.1. The Kier molecular flexibility index (Phi) is 5.05. The van der Waals surface area contributed by atoms with E-state index in [2.05, 4.69) is 21.2 Å². The molecule has 0 saturated carbocycles. The summed E-state index contributed by atoms with van der Waals surface area (Å²) in [6.45, 7) is 3.52. The van der Waals surface area contributed by atoms with Crippen LogP contribution in [0, 0.1) is 11.6 Å². The van der Waals surface area contributed by atoms with Gasteiger partial charge in [0.2, 0.25) is 5.91 Å². The minimum Gasteiger partial charge on any atom is -0.349 e. The van der Waals surface area contributed by atoms with Gasteiger partial charge in [0.15, 0.2) is 0 Å². The number of hydrogen-bond acceptors (Lipinski definition) is 1. The van der Waals surface area contributed by atoms with Gasteiger partial charge in [0.25, 0.3) is 0 Å². The minimum absolute atomic E-state index is 0.205. The molecule has 0 heterocycles. The van der Waals surface area contributed by atoms with Crippen LogP contribution in [-0.4, -0.2) is 10.7 Å². The smallest absolute Gasteiger partial charge is 0.234 e. The molecule has 0 aromatic heterocycles. The Labute approximate surface area is 108 Å². The van der Waals surface area contributed by atoms with Crippen LogP contribution in [0.2, 0.25) is 0 Å². The lowest BCUT2D eigenvalue weighted by Gasteiger charge is -2.17. The molecule has 0 bridgehead atoms. The Morgan fingerprint density at radius 2 is 2.12 bits per heavy atom. The second-order valence-electron chi connectivity index (χ2n) is 3.77. The van der Waals surface area contributed by atoms with Crippen molar-refractivity contribution < 1.29 is 13.6 Å². The normalized spacial score (nSPS) is 14.2. The Balaban J connectivity index is 2.76. The van der Waals surface area contributed by atoms with Crippen LogP contribution in [0.4, 0.5) is 8.78 Å². The van der Waals surface area contributed by atoms with Crippen molar-refractivity contribution in [2.24, 2.45) is 0 Å². The van der Waals surface area contributed by atoms with Crippen molar-refractivity contribution in [3.05, 3.63) is 35.4 Å². The predicted molar refractivity (Wildman–Crippen MR) is 65.9 cm³/mol. The molecular weight excluding hydrogens is 292 g/mol. The maximum absolute atomic E-state index is 13.4. The molecule has 0 spiro atoms. The SMILES string of the molecule is CC[C@@H](Br)C(=O)N[C@@H](C)c1ccc(F)cc1F. The highest BCUT2D eigenvalue weighted by Crippen LogP contribution is 2.18. The monoisotopic (exact) mass is 305 g/mol. The van der Waals surface area contributed by atoms with Gasteiger partial charge in [0.1, 0.15) is 11.6 Å². The number of amides is 1. The largest absolute Gasteiger partial charge is 0.349 e. The summed E-state index contributed by atoms with van der Waals surface area (Å²) in [5.74, 6) is -1.49. The summed E-state index contributed by atoms with van der Waals surface area (Å²) >= 11 is 3.21. The molecule has 0 unspecified atom stereocenters. The number of nitrogens with one attached hydrogen (secondary N) is 1. The van der Waals surface area contributed by atoms with Gasteiger partial charge in [-0.3, -0.25) is 4.79 Å². The lowest BCUT2D eigenvalue weighted by atomic mass is 10.1. The molecule has 2 atom stereocenters. The second-order valence-corrected chi connectivity index (χ2v) is 4.88. The van der Waals surface area contributed by atoms with Crippen LogP contribution >= 0.6 is 15.9 Å². The van der Waals surface area contributed by atoms with E-state index in [4.69, 9.17) is 0 Å². The van der Waals surface area contributed by atoms with E-state index in [0.717, 1.165) is 6.07 Å². The van der Waals surface area contributed by atoms with Gasteiger partial charge in [0, 0.05) is 11.6 Å². The quantitative estimate of drug-likeness (QED) is 0.850. The van der Waals surface area contributed by atoms with E-state index in [1.807, 2.05) is 6.92 Å². The fraction of sp³-hybridized carbons (Fsp3) is 0.417. The van der Waals surface area contributed by atoms with Crippen molar-refractivity contribution >= 4 is 21.8 Å². The zero-order valence-electron chi connectivity index (χ0n) is 9.64. The van der Waals surface area contributed by atoms with Crippen LogP contribution < -0.4 is 5.32 Å². The highest BCUT2D eigenvalue weighted by Gasteiger charge is 2.18. The molecule has 1 N–H and O–H groups in total. The molecule has 94 valence electrons. The Hall–Kier alpha value is -0.970. The summed E-state index contributed by atoms with van der Waals surface area (Å²) < 4.78 is 26.2. The van der Waals surface area contributed by atoms with Crippen LogP contribution in [0.1, 0.15) is 31.9 Å². The predicted octanol–water partition coefficient (Wildman–Crippen LogP) is 3.32. The van der Waals surface area contributed by atoms with Crippen LogP contribution in [0.25, 0.3) is 0 Å². The molecule has 17 heavy (non-hydrogen) atoms. The summed E-state index contributed by atoms with van der Waals surface area (Å²) in [7, 11) is 0. The lowest BCUT2D eigenvalue weighted by molar-refractivity contribution is -0.121. The molecule has 0 fully saturated rings. The van der Waals surface area contributed by atoms with E-state index in [1.54, 1.807) is 6.92 Å². The van der Waals surface area contributed by atoms with Gasteiger partial charge in [-0.15, -0.1) is 0 Å². The van der Waals surface area contributed by atoms with Gasteiger partial charge in [-0.05, 0) is 19.4 Å². The Morgan fingerprint density at radius 3 is 2.65 bits per heavy atom. The number of rotatable bonds is 4. The van der Waals surface area contributed by atoms with Crippen molar-refractivity contribution in [2.45, 2.75) is 31.1 Å². The van der Waals surface area contributed by atoms with Crippen molar-refractivity contribution in [1.82, 2.24) is 5.32 Å². The van der Waals surface area contributed by atoms with Gasteiger partial charge >= 0.3 is 0 Å². The maximum atomic E-state index is 13.4. The number of halogens is 3. The van der Waals surface area contributed by atoms with E-state index in [0.29, 0.717) is 6.42 Å². The lowest BCUT2D eigenvalue weighted by Crippen LogP contribution is -2.33. The first-order chi connectivity index (χ1) is 7.95. The van der Waals surface area contributed by atoms with Crippen LogP contribution in [0.15, 0.2) is 18.2 Å². The van der Waals surface area contributed by atoms with E-state index in [-0.39, 0.29) is 16.3 Å². The number of hydrogen-bond donors (Lipinski definition) is 1. The topological polar surface area (TPSA) is 29.1 Å². The average molecular weight is 306 g/mol. The number of carbonyl (C=O) groups excluding carboxylic acids is 1. The van der Waals surface area contributed by atoms with Crippen molar-refractivity contribution in [3.63, 3.8) is 0 Å². The third-order valence-electron chi connectivity index (χ3n) is 2.43. The first-order valence-corrected chi connectivity index (χ1v) is 6.26. The standard InChI is InChI=1S/C12H14BrF2NO/c1-3-10(13)12(17)16-7(2)9-5-4-8(14)6-11(9)15/h4-7,10H,3H2,1-2H3,(H,16,17)/t7-,10+/m0/s1. The zero-order chi connectivity index (χ0) is 13.0. The van der Waals surface area contributed by atoms with Gasteiger partial charge < -0.3 is 5.32 Å². The fourth-order valence-electron chi connectivity index (χ4n) is 1.42. The van der Waals surface area contributed by atoms with E-state index >= 15 is 0 Å². The van der Waals surface area contributed by atoms with Crippen molar-refractivity contribution in [3.8, 4) is 0 Å². The molecular formula is C12H14BrF2NO. The Bertz CT molecular complexity index is 411. The number of alkyl halides is 1. The molecule has 1 aromatic carbocycles. The van der Waals surface area contributed by atoms with Gasteiger partial charge in [-0.25, -0.2) is 8.78 Å². The molecule has 5 heteroatoms. The molecule has 0 saturated heterocycles. The molecule has 1 rings (SSSR count). The molecule has 1 aromatic rings. The van der Waals surface area contributed by atoms with E-state index in [1.165, 1.54) is 12.1 Å². The first-order valence-electron chi connectivity index (χ1n) is 5.35. The maximum Gasteiger partial charge on any atom is 0.234 e. The fourth-order valence-corrected chi connectivity index (χ4v) is 1.55. The molecule has 0 radical (unpaired) electrons. The van der Waals surface area contributed by atoms with Crippen LogP contribution in [0.3, 0.4) is 0 Å². The number of carbonyl (C=O) groups is 1. The van der Waals surface area contributed by atoms with Gasteiger partial charge in [-0.1, -0.05) is 28.9 Å². The average Bonchev–Trinajstić information content (AvgIpc) is 2.27. The third-order valence-corrected chi connectivity index (χ3v) is 3.49. The summed E-state index contributed by atoms with van der Waals surface area (Å²) in [5.41, 5.74) is 0.274. The van der Waals surface area contributed by atoms with E-state index < -0.39 is 17.7 Å².